The van der Waals surface area contributed by atoms with Gasteiger partial charge in [-0.3, -0.25) is 0 Å². The quantitative estimate of drug-likeness (QED) is 0.467. The smallest absolute Gasteiger partial charge is 0.0146 e. The van der Waals surface area contributed by atoms with Crippen LogP contribution in [-0.2, 0) is 0 Å². The van der Waals surface area contributed by atoms with Crippen molar-refractivity contribution in [1.82, 2.24) is 0 Å². The third kappa shape index (κ3) is 4.52. The van der Waals surface area contributed by atoms with Gasteiger partial charge >= 0.3 is 0 Å². The normalized spacial score (nSPS) is 35.1. The number of fused-ring (bicyclic) bond motifs is 1. The molecule has 0 heterocycles. The summed E-state index contributed by atoms with van der Waals surface area (Å²) in [5, 5.41) is 0. The number of rotatable bonds is 4. The fraction of sp³-hybridized carbons (Fsp3) is 0.826. The Morgan fingerprint density at radius 1 is 1.04 bits per heavy atom. The minimum Gasteiger partial charge on any atom is -0.0882 e. The van der Waals surface area contributed by atoms with Crippen LogP contribution in [0.25, 0.3) is 0 Å². The lowest BCUT2D eigenvalue weighted by molar-refractivity contribution is 0.112. The van der Waals surface area contributed by atoms with E-state index >= 15 is 0 Å². The molecule has 0 aliphatic heterocycles. The highest BCUT2D eigenvalue weighted by molar-refractivity contribution is 5.18. The highest BCUT2D eigenvalue weighted by atomic mass is 14.5. The first-order chi connectivity index (χ1) is 10.9. The highest BCUT2D eigenvalue weighted by Crippen LogP contribution is 2.59. The van der Waals surface area contributed by atoms with E-state index in [-0.39, 0.29) is 0 Å². The Morgan fingerprint density at radius 3 is 2.26 bits per heavy atom. The van der Waals surface area contributed by atoms with Crippen LogP contribution in [0.3, 0.4) is 0 Å². The molecule has 0 saturated heterocycles. The van der Waals surface area contributed by atoms with E-state index in [1.165, 1.54) is 32.1 Å². The lowest BCUT2D eigenvalue weighted by Crippen LogP contribution is -2.35. The summed E-state index contributed by atoms with van der Waals surface area (Å²) in [7, 11) is 0. The zero-order valence-electron chi connectivity index (χ0n) is 17.2. The Balaban J connectivity index is 0.00000127. The Labute approximate surface area is 146 Å². The molecule has 0 radical (unpaired) electrons. The van der Waals surface area contributed by atoms with Crippen molar-refractivity contribution in [3.63, 3.8) is 0 Å². The summed E-state index contributed by atoms with van der Waals surface area (Å²) in [4.78, 5) is 0. The molecule has 134 valence electrons. The van der Waals surface area contributed by atoms with E-state index in [4.69, 9.17) is 0 Å². The highest BCUT2D eigenvalue weighted by Gasteiger charge is 2.50. The van der Waals surface area contributed by atoms with Crippen molar-refractivity contribution in [2.24, 2.45) is 35.0 Å². The van der Waals surface area contributed by atoms with Gasteiger partial charge in [0.25, 0.3) is 0 Å². The molecule has 0 spiro atoms. The predicted molar refractivity (Wildman–Crippen MR) is 106 cm³/mol. The van der Waals surface area contributed by atoms with Crippen molar-refractivity contribution in [3.05, 3.63) is 23.8 Å². The topological polar surface area (TPSA) is 0 Å². The molecule has 0 nitrogen and oxygen atoms in total. The molecule has 0 aromatic carbocycles. The van der Waals surface area contributed by atoms with Crippen LogP contribution < -0.4 is 0 Å². The number of hydrogen-bond acceptors (Lipinski definition) is 0. The summed E-state index contributed by atoms with van der Waals surface area (Å²) in [5.41, 5.74) is 2.32. The fourth-order valence-corrected chi connectivity index (χ4v) is 5.00. The minimum absolute atomic E-state index is 0.560. The molecule has 23 heavy (non-hydrogen) atoms. The second-order valence-corrected chi connectivity index (χ2v) is 8.31. The molecule has 2 aliphatic carbocycles. The molecule has 3 unspecified atom stereocenters. The Morgan fingerprint density at radius 2 is 1.70 bits per heavy atom. The first kappa shape index (κ1) is 20.5. The summed E-state index contributed by atoms with van der Waals surface area (Å²) in [6.07, 6.45) is 14.5. The SMILES string of the molecule is C/C=C1\CCCC2(C)C1CCC2[C@H](C)/C=C/[C@H](C)C(C)C.CC. The largest absolute Gasteiger partial charge is 0.0882 e. The maximum absolute atomic E-state index is 2.59. The van der Waals surface area contributed by atoms with Gasteiger partial charge < -0.3 is 0 Å². The molecule has 0 bridgehead atoms. The summed E-state index contributed by atoms with van der Waals surface area (Å²) in [5.74, 6) is 3.95. The molecule has 2 fully saturated rings. The molecule has 5 atom stereocenters. The van der Waals surface area contributed by atoms with Crippen LogP contribution in [0.5, 0.6) is 0 Å². The van der Waals surface area contributed by atoms with Crippen molar-refractivity contribution in [2.45, 2.75) is 87.5 Å². The molecule has 0 heteroatoms. The fourth-order valence-electron chi connectivity index (χ4n) is 5.00. The van der Waals surface area contributed by atoms with Crippen LogP contribution in [-0.4, -0.2) is 0 Å². The zero-order chi connectivity index (χ0) is 17.6. The second-order valence-electron chi connectivity index (χ2n) is 8.31. The Kier molecular flexibility index (Phi) is 8.11. The summed E-state index contributed by atoms with van der Waals surface area (Å²) >= 11 is 0. The van der Waals surface area contributed by atoms with E-state index in [0.29, 0.717) is 11.3 Å². The molecule has 2 rings (SSSR count). The summed E-state index contributed by atoms with van der Waals surface area (Å²) in [6, 6.07) is 0. The average molecular weight is 319 g/mol. The van der Waals surface area contributed by atoms with E-state index in [2.05, 4.69) is 59.8 Å². The van der Waals surface area contributed by atoms with Crippen molar-refractivity contribution in [1.29, 1.82) is 0 Å². The van der Waals surface area contributed by atoms with E-state index in [0.717, 1.165) is 23.7 Å². The van der Waals surface area contributed by atoms with Gasteiger partial charge in [0, 0.05) is 0 Å². The molecule has 0 amide bonds. The van der Waals surface area contributed by atoms with Crippen LogP contribution in [0.4, 0.5) is 0 Å². The maximum Gasteiger partial charge on any atom is -0.0146 e. The maximum atomic E-state index is 2.59. The lowest BCUT2D eigenvalue weighted by Gasteiger charge is -2.44. The first-order valence-corrected chi connectivity index (χ1v) is 10.2. The first-order valence-electron chi connectivity index (χ1n) is 10.2. The van der Waals surface area contributed by atoms with E-state index in [9.17, 15) is 0 Å². The molecule has 0 aromatic rings. The number of allylic oxidation sites excluding steroid dienone is 4. The summed E-state index contributed by atoms with van der Waals surface area (Å²) in [6.45, 7) is 18.3. The van der Waals surface area contributed by atoms with Gasteiger partial charge in [0.05, 0.1) is 0 Å². The molecular formula is C23H42. The minimum atomic E-state index is 0.560. The third-order valence-electron chi connectivity index (χ3n) is 6.81. The average Bonchev–Trinajstić information content (AvgIpc) is 2.90. The summed E-state index contributed by atoms with van der Waals surface area (Å²) < 4.78 is 0. The lowest BCUT2D eigenvalue weighted by atomic mass is 9.61. The van der Waals surface area contributed by atoms with Gasteiger partial charge in [-0.1, -0.05) is 72.3 Å². The predicted octanol–water partition coefficient (Wildman–Crippen LogP) is 7.66. The molecule has 0 N–H and O–H groups in total. The van der Waals surface area contributed by atoms with Gasteiger partial charge in [-0.25, -0.2) is 0 Å². The number of hydrogen-bond donors (Lipinski definition) is 0. The van der Waals surface area contributed by atoms with Gasteiger partial charge in [-0.05, 0) is 74.0 Å². The second kappa shape index (κ2) is 9.09. The van der Waals surface area contributed by atoms with Crippen LogP contribution in [0.15, 0.2) is 23.8 Å². The Bertz CT molecular complexity index is 400. The van der Waals surface area contributed by atoms with Crippen molar-refractivity contribution in [2.75, 3.05) is 0 Å². The van der Waals surface area contributed by atoms with E-state index < -0.39 is 0 Å². The van der Waals surface area contributed by atoms with Crippen LogP contribution in [0.2, 0.25) is 0 Å². The third-order valence-corrected chi connectivity index (χ3v) is 6.81. The van der Waals surface area contributed by atoms with Gasteiger partial charge in [-0.15, -0.1) is 0 Å². The van der Waals surface area contributed by atoms with Crippen molar-refractivity contribution < 1.29 is 0 Å². The van der Waals surface area contributed by atoms with E-state index in [1.54, 1.807) is 5.57 Å². The molecule has 2 aliphatic rings. The molecule has 0 aromatic heterocycles. The van der Waals surface area contributed by atoms with Crippen LogP contribution >= 0.6 is 0 Å². The van der Waals surface area contributed by atoms with Crippen molar-refractivity contribution >= 4 is 0 Å². The van der Waals surface area contributed by atoms with E-state index in [1.807, 2.05) is 13.8 Å². The molecule has 2 saturated carbocycles. The standard InChI is InChI=1S/C21H36.C2H6/c1-7-18-9-8-14-21(6)19(12-13-20(18)21)17(5)11-10-16(4)15(2)3;1-2/h7,10-11,15-17,19-20H,8-9,12-14H2,1-6H3;1-2H3/b11-10+,18-7+;/t16-,17+,19?,20?,21?;/m0./s1. The van der Waals surface area contributed by atoms with Crippen LogP contribution in [0.1, 0.15) is 87.5 Å². The molecular weight excluding hydrogens is 276 g/mol. The van der Waals surface area contributed by atoms with Gasteiger partial charge in [-0.2, -0.15) is 0 Å². The monoisotopic (exact) mass is 318 g/mol. The van der Waals surface area contributed by atoms with Crippen molar-refractivity contribution in [3.8, 4) is 0 Å². The Hall–Kier alpha value is -0.520. The zero-order valence-corrected chi connectivity index (χ0v) is 17.2. The van der Waals surface area contributed by atoms with Gasteiger partial charge in [0.15, 0.2) is 0 Å². The van der Waals surface area contributed by atoms with Gasteiger partial charge in [0.1, 0.15) is 0 Å². The van der Waals surface area contributed by atoms with Gasteiger partial charge in [0.2, 0.25) is 0 Å². The van der Waals surface area contributed by atoms with Crippen LogP contribution in [0, 0.1) is 35.0 Å².